The van der Waals surface area contributed by atoms with Crippen LogP contribution in [0.15, 0.2) is 23.1 Å². The highest BCUT2D eigenvalue weighted by molar-refractivity contribution is 7.92. The van der Waals surface area contributed by atoms with Crippen molar-refractivity contribution in [1.29, 1.82) is 0 Å². The maximum Gasteiger partial charge on any atom is 0.324 e. The third-order valence-corrected chi connectivity index (χ3v) is 5.55. The van der Waals surface area contributed by atoms with Crippen molar-refractivity contribution in [2.24, 2.45) is 0 Å². The lowest BCUT2D eigenvalue weighted by molar-refractivity contribution is -0.140. The Morgan fingerprint density at radius 2 is 1.90 bits per heavy atom. The van der Waals surface area contributed by atoms with Crippen LogP contribution in [-0.4, -0.2) is 26.7 Å². The third kappa shape index (κ3) is 3.60. The van der Waals surface area contributed by atoms with Crippen LogP contribution in [0.5, 0.6) is 0 Å². The summed E-state index contributed by atoms with van der Waals surface area (Å²) in [4.78, 5) is 12.0. The lowest BCUT2D eigenvalue weighted by Crippen LogP contribution is -2.31. The molecule has 20 heavy (non-hydrogen) atoms. The predicted octanol–water partition coefficient (Wildman–Crippen LogP) is 2.81. The van der Waals surface area contributed by atoms with Gasteiger partial charge in [0.15, 0.2) is 15.1 Å². The largest absolute Gasteiger partial charge is 0.468 e. The standard InChI is InChI=1S/C15H22O4S/c1-5-6-7-14(15(16)19-4)20(17,18)13-9-8-11(2)12(3)10-13/h8-10,14H,5-7H2,1-4H3. The van der Waals surface area contributed by atoms with Gasteiger partial charge in [0.05, 0.1) is 12.0 Å². The van der Waals surface area contributed by atoms with Gasteiger partial charge in [-0.2, -0.15) is 0 Å². The minimum absolute atomic E-state index is 0.187. The predicted molar refractivity (Wildman–Crippen MR) is 78.4 cm³/mol. The van der Waals surface area contributed by atoms with Gasteiger partial charge in [-0.1, -0.05) is 25.8 Å². The molecule has 0 saturated carbocycles. The Balaban J connectivity index is 3.21. The minimum Gasteiger partial charge on any atom is -0.468 e. The first-order chi connectivity index (χ1) is 9.34. The van der Waals surface area contributed by atoms with E-state index in [1.54, 1.807) is 18.2 Å². The highest BCUT2D eigenvalue weighted by Gasteiger charge is 2.34. The van der Waals surface area contributed by atoms with Gasteiger partial charge in [-0.3, -0.25) is 4.79 Å². The molecular formula is C15H22O4S. The summed E-state index contributed by atoms with van der Waals surface area (Å²) in [6.07, 6.45) is 1.79. The molecule has 4 nitrogen and oxygen atoms in total. The first-order valence-electron chi connectivity index (χ1n) is 6.73. The van der Waals surface area contributed by atoms with Crippen molar-refractivity contribution in [1.82, 2.24) is 0 Å². The van der Waals surface area contributed by atoms with Crippen molar-refractivity contribution in [2.45, 2.75) is 50.2 Å². The number of sulfone groups is 1. The number of hydrogen-bond acceptors (Lipinski definition) is 4. The molecule has 1 aromatic rings. The zero-order valence-corrected chi connectivity index (χ0v) is 13.3. The minimum atomic E-state index is -3.70. The number of benzene rings is 1. The molecule has 0 saturated heterocycles. The second-order valence-corrected chi connectivity index (χ2v) is 7.08. The van der Waals surface area contributed by atoms with Crippen LogP contribution in [0.4, 0.5) is 0 Å². The lowest BCUT2D eigenvalue weighted by atomic mass is 10.1. The molecule has 0 aliphatic rings. The smallest absolute Gasteiger partial charge is 0.324 e. The summed E-state index contributed by atoms with van der Waals surface area (Å²) < 4.78 is 29.9. The fourth-order valence-electron chi connectivity index (χ4n) is 1.98. The van der Waals surface area contributed by atoms with Gasteiger partial charge in [0, 0.05) is 0 Å². The summed E-state index contributed by atoms with van der Waals surface area (Å²) in [5, 5.41) is -1.12. The maximum absolute atomic E-state index is 12.6. The molecule has 0 fully saturated rings. The average Bonchev–Trinajstić information content (AvgIpc) is 2.41. The normalized spacial score (nSPS) is 13.0. The highest BCUT2D eigenvalue weighted by Crippen LogP contribution is 2.23. The van der Waals surface area contributed by atoms with E-state index in [0.717, 1.165) is 17.5 Å². The average molecular weight is 298 g/mol. The SMILES string of the molecule is CCCCC(C(=O)OC)S(=O)(=O)c1ccc(C)c(C)c1. The summed E-state index contributed by atoms with van der Waals surface area (Å²) in [6.45, 7) is 5.73. The summed E-state index contributed by atoms with van der Waals surface area (Å²) in [7, 11) is -2.48. The van der Waals surface area contributed by atoms with E-state index in [-0.39, 0.29) is 4.90 Å². The van der Waals surface area contributed by atoms with Gasteiger partial charge in [-0.15, -0.1) is 0 Å². The molecule has 0 aromatic heterocycles. The van der Waals surface area contributed by atoms with E-state index < -0.39 is 21.1 Å². The van der Waals surface area contributed by atoms with E-state index in [2.05, 4.69) is 4.74 Å². The number of methoxy groups -OCH3 is 1. The summed E-state index contributed by atoms with van der Waals surface area (Å²) in [5.41, 5.74) is 1.91. The topological polar surface area (TPSA) is 60.4 Å². The van der Waals surface area contributed by atoms with Gasteiger partial charge in [-0.05, 0) is 43.5 Å². The molecule has 112 valence electrons. The van der Waals surface area contributed by atoms with Gasteiger partial charge in [0.25, 0.3) is 0 Å². The van der Waals surface area contributed by atoms with Crippen LogP contribution in [0.3, 0.4) is 0 Å². The van der Waals surface area contributed by atoms with Crippen LogP contribution in [-0.2, 0) is 19.4 Å². The Morgan fingerprint density at radius 1 is 1.25 bits per heavy atom. The van der Waals surface area contributed by atoms with Gasteiger partial charge >= 0.3 is 5.97 Å². The van der Waals surface area contributed by atoms with Crippen molar-refractivity contribution in [3.8, 4) is 0 Å². The molecule has 1 rings (SSSR count). The van der Waals surface area contributed by atoms with Crippen molar-refractivity contribution in [3.63, 3.8) is 0 Å². The first kappa shape index (κ1) is 16.7. The van der Waals surface area contributed by atoms with E-state index in [0.29, 0.717) is 12.8 Å². The molecule has 5 heteroatoms. The Kier molecular flexibility index (Phi) is 5.74. The molecule has 1 atom stereocenters. The fraction of sp³-hybridized carbons (Fsp3) is 0.533. The van der Waals surface area contributed by atoms with E-state index in [9.17, 15) is 13.2 Å². The Labute approximate surface area is 121 Å². The van der Waals surface area contributed by atoms with Crippen molar-refractivity contribution >= 4 is 15.8 Å². The highest BCUT2D eigenvalue weighted by atomic mass is 32.2. The molecule has 1 unspecified atom stereocenters. The molecule has 0 heterocycles. The van der Waals surface area contributed by atoms with Crippen molar-refractivity contribution in [3.05, 3.63) is 29.3 Å². The van der Waals surface area contributed by atoms with Crippen LogP contribution in [0.2, 0.25) is 0 Å². The Hall–Kier alpha value is -1.36. The van der Waals surface area contributed by atoms with E-state index in [1.807, 2.05) is 20.8 Å². The van der Waals surface area contributed by atoms with Crippen molar-refractivity contribution in [2.75, 3.05) is 7.11 Å². The number of rotatable bonds is 6. The first-order valence-corrected chi connectivity index (χ1v) is 8.28. The third-order valence-electron chi connectivity index (χ3n) is 3.47. The number of carbonyl (C=O) groups excluding carboxylic acids is 1. The summed E-state index contributed by atoms with van der Waals surface area (Å²) in [6, 6.07) is 4.93. The number of hydrogen-bond donors (Lipinski definition) is 0. The van der Waals surface area contributed by atoms with Gasteiger partial charge in [0.1, 0.15) is 0 Å². The molecule has 0 N–H and O–H groups in total. The molecule has 0 spiro atoms. The second kappa shape index (κ2) is 6.88. The monoisotopic (exact) mass is 298 g/mol. The van der Waals surface area contributed by atoms with Crippen LogP contribution in [0.1, 0.15) is 37.3 Å². The van der Waals surface area contributed by atoms with Gasteiger partial charge < -0.3 is 4.74 Å². The van der Waals surface area contributed by atoms with Crippen molar-refractivity contribution < 1.29 is 17.9 Å². The molecule has 0 amide bonds. The molecule has 0 bridgehead atoms. The number of unbranched alkanes of at least 4 members (excludes halogenated alkanes) is 1. The number of carbonyl (C=O) groups is 1. The number of esters is 1. The number of ether oxygens (including phenoxy) is 1. The Bertz CT molecular complexity index is 576. The van der Waals surface area contributed by atoms with E-state index >= 15 is 0 Å². The quantitative estimate of drug-likeness (QED) is 0.758. The summed E-state index contributed by atoms with van der Waals surface area (Å²) >= 11 is 0. The zero-order valence-electron chi connectivity index (χ0n) is 12.5. The Morgan fingerprint density at radius 3 is 2.40 bits per heavy atom. The van der Waals surface area contributed by atoms with Crippen LogP contribution in [0.25, 0.3) is 0 Å². The molecular weight excluding hydrogens is 276 g/mol. The number of aryl methyl sites for hydroxylation is 2. The van der Waals surface area contributed by atoms with Crippen LogP contribution in [0, 0.1) is 13.8 Å². The van der Waals surface area contributed by atoms with E-state index in [1.165, 1.54) is 7.11 Å². The zero-order chi connectivity index (χ0) is 15.3. The fourth-order valence-corrected chi connectivity index (χ4v) is 3.73. The lowest BCUT2D eigenvalue weighted by Gasteiger charge is -2.16. The van der Waals surface area contributed by atoms with E-state index in [4.69, 9.17) is 0 Å². The summed E-state index contributed by atoms with van der Waals surface area (Å²) in [5.74, 6) is -0.684. The van der Waals surface area contributed by atoms with Gasteiger partial charge in [-0.25, -0.2) is 8.42 Å². The van der Waals surface area contributed by atoms with Gasteiger partial charge in [0.2, 0.25) is 0 Å². The molecule has 0 aliphatic carbocycles. The van der Waals surface area contributed by atoms with Crippen LogP contribution < -0.4 is 0 Å². The van der Waals surface area contributed by atoms with Crippen LogP contribution >= 0.6 is 0 Å². The molecule has 1 aromatic carbocycles. The molecule has 0 radical (unpaired) electrons. The maximum atomic E-state index is 12.6. The second-order valence-electron chi connectivity index (χ2n) is 4.95. The molecule has 0 aliphatic heterocycles.